The minimum absolute atomic E-state index is 0.187. The van der Waals surface area contributed by atoms with Crippen molar-refractivity contribution in [3.63, 3.8) is 0 Å². The van der Waals surface area contributed by atoms with Crippen molar-refractivity contribution in [3.05, 3.63) is 23.8 Å². The minimum atomic E-state index is -4.20. The van der Waals surface area contributed by atoms with E-state index in [0.717, 1.165) is 0 Å². The molecule has 1 rings (SSSR count). The molecule has 0 atom stereocenters. The van der Waals surface area contributed by atoms with Crippen LogP contribution in [0.25, 0.3) is 0 Å². The van der Waals surface area contributed by atoms with Crippen molar-refractivity contribution < 1.29 is 18.0 Å². The first-order valence-electron chi connectivity index (χ1n) is 5.64. The van der Waals surface area contributed by atoms with Gasteiger partial charge in [-0.1, -0.05) is 0 Å². The van der Waals surface area contributed by atoms with Crippen LogP contribution >= 0.6 is 0 Å². The summed E-state index contributed by atoms with van der Waals surface area (Å²) in [7, 11) is 3.01. The minimum Gasteiger partial charge on any atom is -0.397 e. The van der Waals surface area contributed by atoms with E-state index in [9.17, 15) is 18.0 Å². The van der Waals surface area contributed by atoms with Gasteiger partial charge in [0.2, 0.25) is 0 Å². The molecule has 0 heterocycles. The number of nitrogens with two attached hydrogens (primary N) is 1. The Balaban J connectivity index is 2.81. The van der Waals surface area contributed by atoms with Crippen LogP contribution in [0, 0.1) is 0 Å². The zero-order chi connectivity index (χ0) is 14.6. The van der Waals surface area contributed by atoms with Crippen molar-refractivity contribution in [3.8, 4) is 0 Å². The molecule has 3 N–H and O–H groups in total. The van der Waals surface area contributed by atoms with Crippen LogP contribution < -0.4 is 16.0 Å². The van der Waals surface area contributed by atoms with E-state index in [1.165, 1.54) is 37.2 Å². The van der Waals surface area contributed by atoms with Gasteiger partial charge in [0.25, 0.3) is 5.91 Å². The number of alkyl halides is 3. The van der Waals surface area contributed by atoms with E-state index in [1.807, 2.05) is 0 Å². The van der Waals surface area contributed by atoms with E-state index >= 15 is 0 Å². The van der Waals surface area contributed by atoms with Crippen LogP contribution in [-0.2, 0) is 0 Å². The lowest BCUT2D eigenvalue weighted by Gasteiger charge is -2.22. The number of nitrogens with one attached hydrogen (secondary N) is 1. The molecule has 19 heavy (non-hydrogen) atoms. The summed E-state index contributed by atoms with van der Waals surface area (Å²) in [5, 5.41) is 2.45. The Kier molecular flexibility index (Phi) is 4.63. The monoisotopic (exact) mass is 275 g/mol. The predicted molar refractivity (Wildman–Crippen MR) is 68.2 cm³/mol. The second-order valence-electron chi connectivity index (χ2n) is 4.14. The third-order valence-electron chi connectivity index (χ3n) is 2.66. The molecule has 106 valence electrons. The van der Waals surface area contributed by atoms with Crippen molar-refractivity contribution in [1.29, 1.82) is 0 Å². The zero-order valence-electron chi connectivity index (χ0n) is 10.7. The molecule has 1 aromatic carbocycles. The van der Waals surface area contributed by atoms with Crippen molar-refractivity contribution in [2.75, 3.05) is 31.3 Å². The summed E-state index contributed by atoms with van der Waals surface area (Å²) < 4.78 is 36.4. The van der Waals surface area contributed by atoms with Crippen molar-refractivity contribution >= 4 is 17.3 Å². The number of benzene rings is 1. The van der Waals surface area contributed by atoms with Crippen LogP contribution in [0.4, 0.5) is 24.5 Å². The highest BCUT2D eigenvalue weighted by molar-refractivity contribution is 5.95. The molecule has 0 saturated heterocycles. The molecular formula is C12H16F3N3O. The van der Waals surface area contributed by atoms with Crippen LogP contribution in [0.2, 0.25) is 0 Å². The Hall–Kier alpha value is -1.92. The van der Waals surface area contributed by atoms with E-state index in [4.69, 9.17) is 5.73 Å². The van der Waals surface area contributed by atoms with Crippen LogP contribution in [0.15, 0.2) is 18.2 Å². The lowest BCUT2D eigenvalue weighted by atomic mass is 10.1. The van der Waals surface area contributed by atoms with E-state index in [1.54, 1.807) is 0 Å². The Bertz CT molecular complexity index is 460. The summed E-state index contributed by atoms with van der Waals surface area (Å²) in [6.45, 7) is -0.187. The number of rotatable bonds is 4. The number of halogens is 3. The first-order valence-corrected chi connectivity index (χ1v) is 5.64. The molecule has 0 saturated carbocycles. The number of carbonyl (C=O) groups excluding carboxylic acids is 1. The third kappa shape index (κ3) is 4.35. The maximum atomic E-state index is 12.1. The number of hydrogen-bond donors (Lipinski definition) is 2. The maximum Gasteiger partial charge on any atom is 0.390 e. The second kappa shape index (κ2) is 5.81. The first-order chi connectivity index (χ1) is 8.74. The molecule has 0 aliphatic carbocycles. The van der Waals surface area contributed by atoms with Crippen molar-refractivity contribution in [2.24, 2.45) is 0 Å². The quantitative estimate of drug-likeness (QED) is 0.826. The Morgan fingerprint density at radius 1 is 1.42 bits per heavy atom. The fourth-order valence-electron chi connectivity index (χ4n) is 1.60. The Morgan fingerprint density at radius 2 is 2.05 bits per heavy atom. The standard InChI is InChI=1S/C12H16F3N3O/c1-17-11(19)8-3-4-10(9(16)7-8)18(2)6-5-12(13,14)15/h3-4,7H,5-6,16H2,1-2H3,(H,17,19). The SMILES string of the molecule is CNC(=O)c1ccc(N(C)CCC(F)(F)F)c(N)c1. The molecule has 1 aromatic rings. The maximum absolute atomic E-state index is 12.1. The predicted octanol–water partition coefficient (Wildman–Crippen LogP) is 2.02. The van der Waals surface area contributed by atoms with Crippen molar-refractivity contribution in [1.82, 2.24) is 5.32 Å². The van der Waals surface area contributed by atoms with Gasteiger partial charge in [0, 0.05) is 26.2 Å². The lowest BCUT2D eigenvalue weighted by Crippen LogP contribution is -2.25. The summed E-state index contributed by atoms with van der Waals surface area (Å²) >= 11 is 0. The van der Waals surface area contributed by atoms with Gasteiger partial charge in [0.05, 0.1) is 17.8 Å². The summed E-state index contributed by atoms with van der Waals surface area (Å²) in [5.41, 5.74) is 6.86. The summed E-state index contributed by atoms with van der Waals surface area (Å²) in [5.74, 6) is -0.295. The zero-order valence-corrected chi connectivity index (χ0v) is 10.7. The number of nitrogen functional groups attached to an aromatic ring is 1. The van der Waals surface area contributed by atoms with Gasteiger partial charge in [-0.05, 0) is 18.2 Å². The highest BCUT2D eigenvalue weighted by Crippen LogP contribution is 2.26. The molecule has 0 aromatic heterocycles. The van der Waals surface area contributed by atoms with Crippen LogP contribution in [0.1, 0.15) is 16.8 Å². The highest BCUT2D eigenvalue weighted by Gasteiger charge is 2.27. The molecule has 0 fully saturated rings. The molecule has 1 amide bonds. The number of anilines is 2. The third-order valence-corrected chi connectivity index (χ3v) is 2.66. The van der Waals surface area contributed by atoms with Gasteiger partial charge >= 0.3 is 6.18 Å². The van der Waals surface area contributed by atoms with E-state index < -0.39 is 12.6 Å². The van der Waals surface area contributed by atoms with Gasteiger partial charge < -0.3 is 16.0 Å². The largest absolute Gasteiger partial charge is 0.397 e. The fraction of sp³-hybridized carbons (Fsp3) is 0.417. The van der Waals surface area contributed by atoms with Gasteiger partial charge in [-0.2, -0.15) is 13.2 Å². The number of hydrogen-bond acceptors (Lipinski definition) is 3. The van der Waals surface area contributed by atoms with Crippen molar-refractivity contribution in [2.45, 2.75) is 12.6 Å². The van der Waals surface area contributed by atoms with Gasteiger partial charge in [-0.3, -0.25) is 4.79 Å². The van der Waals surface area contributed by atoms with Crippen LogP contribution in [0.3, 0.4) is 0 Å². The first kappa shape index (κ1) is 15.1. The van der Waals surface area contributed by atoms with Gasteiger partial charge in [-0.25, -0.2) is 0 Å². The average molecular weight is 275 g/mol. The Morgan fingerprint density at radius 3 is 2.53 bits per heavy atom. The molecule has 7 heteroatoms. The van der Waals surface area contributed by atoms with Gasteiger partial charge in [-0.15, -0.1) is 0 Å². The molecule has 4 nitrogen and oxygen atoms in total. The van der Waals surface area contributed by atoms with Gasteiger partial charge in [0.15, 0.2) is 0 Å². The second-order valence-corrected chi connectivity index (χ2v) is 4.14. The molecule has 0 unspecified atom stereocenters. The molecule has 0 bridgehead atoms. The Labute approximate surface area is 109 Å². The van der Waals surface area contributed by atoms with Gasteiger partial charge in [0.1, 0.15) is 0 Å². The lowest BCUT2D eigenvalue weighted by molar-refractivity contribution is -0.132. The smallest absolute Gasteiger partial charge is 0.390 e. The van der Waals surface area contributed by atoms with E-state index in [0.29, 0.717) is 11.3 Å². The number of carbonyl (C=O) groups is 1. The summed E-state index contributed by atoms with van der Waals surface area (Å²) in [6, 6.07) is 4.50. The molecule has 0 spiro atoms. The van der Waals surface area contributed by atoms with Crippen LogP contribution in [-0.4, -0.2) is 32.7 Å². The normalized spacial score (nSPS) is 11.2. The van der Waals surface area contributed by atoms with Crippen LogP contribution in [0.5, 0.6) is 0 Å². The highest BCUT2D eigenvalue weighted by atomic mass is 19.4. The van der Waals surface area contributed by atoms with E-state index in [2.05, 4.69) is 5.32 Å². The summed E-state index contributed by atoms with van der Waals surface area (Å²) in [4.78, 5) is 12.8. The summed E-state index contributed by atoms with van der Waals surface area (Å²) in [6.07, 6.45) is -5.12. The molecule has 0 aliphatic heterocycles. The topological polar surface area (TPSA) is 58.4 Å². The molecule has 0 radical (unpaired) electrons. The number of amides is 1. The molecule has 0 aliphatic rings. The van der Waals surface area contributed by atoms with E-state index in [-0.39, 0.29) is 18.1 Å². The number of nitrogens with zero attached hydrogens (tertiary/aromatic N) is 1. The average Bonchev–Trinajstić information content (AvgIpc) is 2.34. The molecular weight excluding hydrogens is 259 g/mol. The fourth-order valence-corrected chi connectivity index (χ4v) is 1.60.